The summed E-state index contributed by atoms with van der Waals surface area (Å²) < 4.78 is 0. The van der Waals surface area contributed by atoms with Gasteiger partial charge in [0.1, 0.15) is 0 Å². The average Bonchev–Trinajstić information content (AvgIpc) is 2.72. The van der Waals surface area contributed by atoms with Crippen LogP contribution in [-0.2, 0) is 0 Å². The molecule has 3 rings (SSSR count). The third-order valence-corrected chi connectivity index (χ3v) is 6.20. The largest absolute Gasteiger partial charge is 0.393 e. The monoisotopic (exact) mass is 220 g/mol. The molecule has 16 heavy (non-hydrogen) atoms. The van der Waals surface area contributed by atoms with E-state index in [-0.39, 0.29) is 6.10 Å². The van der Waals surface area contributed by atoms with Gasteiger partial charge in [-0.15, -0.1) is 0 Å². The second-order valence-corrected chi connectivity index (χ2v) is 7.15. The summed E-state index contributed by atoms with van der Waals surface area (Å²) in [4.78, 5) is 0. The van der Waals surface area contributed by atoms with Crippen LogP contribution in [0.2, 0.25) is 0 Å². The van der Waals surface area contributed by atoms with Crippen LogP contribution in [0.25, 0.3) is 0 Å². The van der Waals surface area contributed by atoms with Crippen LogP contribution in [0, 0.1) is 28.6 Å². The molecule has 1 N–H and O–H groups in total. The molecule has 1 spiro atoms. The van der Waals surface area contributed by atoms with Crippen LogP contribution in [0.3, 0.4) is 0 Å². The fourth-order valence-electron chi connectivity index (χ4n) is 5.34. The molecule has 90 valence electrons. The van der Waals surface area contributed by atoms with Gasteiger partial charge in [-0.2, -0.15) is 0 Å². The highest BCUT2D eigenvalue weighted by Gasteiger charge is 2.66. The molecule has 5 atom stereocenters. The van der Waals surface area contributed by atoms with Crippen molar-refractivity contribution in [3.63, 3.8) is 0 Å². The van der Waals surface area contributed by atoms with E-state index in [1.165, 1.54) is 12.8 Å². The van der Waals surface area contributed by atoms with E-state index in [1.54, 1.807) is 5.57 Å². The molecule has 1 heteroatoms. The minimum atomic E-state index is -0.0635. The smallest absolute Gasteiger partial charge is 0.0574 e. The lowest BCUT2D eigenvalue weighted by molar-refractivity contribution is 0.0696. The van der Waals surface area contributed by atoms with Crippen molar-refractivity contribution in [3.05, 3.63) is 11.6 Å². The molecule has 2 saturated carbocycles. The molecular weight excluding hydrogens is 196 g/mol. The Morgan fingerprint density at radius 2 is 2.06 bits per heavy atom. The van der Waals surface area contributed by atoms with Crippen LogP contribution in [0.1, 0.15) is 47.0 Å². The molecule has 3 aliphatic rings. The molecule has 0 aromatic carbocycles. The Balaban J connectivity index is 2.09. The van der Waals surface area contributed by atoms with Crippen LogP contribution in [-0.4, -0.2) is 11.2 Å². The van der Waals surface area contributed by atoms with Crippen molar-refractivity contribution >= 4 is 0 Å². The van der Waals surface area contributed by atoms with Gasteiger partial charge in [0.15, 0.2) is 0 Å². The fourth-order valence-corrected chi connectivity index (χ4v) is 5.34. The summed E-state index contributed by atoms with van der Waals surface area (Å²) in [5.41, 5.74) is 2.43. The highest BCUT2D eigenvalue weighted by molar-refractivity contribution is 5.28. The SMILES string of the molecule is CC1=CCC23[C@@H]1CC(C)(C)[C@@H]2C[C@H](O)[C@H]3C. The summed E-state index contributed by atoms with van der Waals surface area (Å²) in [5, 5.41) is 10.2. The Morgan fingerprint density at radius 1 is 1.38 bits per heavy atom. The van der Waals surface area contributed by atoms with Gasteiger partial charge >= 0.3 is 0 Å². The lowest BCUT2D eigenvalue weighted by Crippen LogP contribution is -2.34. The summed E-state index contributed by atoms with van der Waals surface area (Å²) in [5.74, 6) is 1.96. The van der Waals surface area contributed by atoms with Crippen molar-refractivity contribution in [2.75, 3.05) is 0 Å². The first-order valence-electron chi connectivity index (χ1n) is 6.74. The van der Waals surface area contributed by atoms with Crippen LogP contribution in [0.15, 0.2) is 11.6 Å². The van der Waals surface area contributed by atoms with E-state index in [9.17, 15) is 5.11 Å². The van der Waals surface area contributed by atoms with E-state index in [0.717, 1.165) is 18.3 Å². The standard InChI is InChI=1S/C15H24O/c1-9-5-6-15-10(2)12(16)7-13(15)14(3,4)8-11(9)15/h5,10-13,16H,6-8H2,1-4H3/t10-,11-,12+,13+,15?/m1/s1. The first kappa shape index (κ1) is 10.8. The summed E-state index contributed by atoms with van der Waals surface area (Å²) in [6.07, 6.45) is 5.96. The summed E-state index contributed by atoms with van der Waals surface area (Å²) in [6, 6.07) is 0. The van der Waals surface area contributed by atoms with Gasteiger partial charge in [-0.05, 0) is 54.8 Å². The topological polar surface area (TPSA) is 20.2 Å². The molecule has 0 aromatic heterocycles. The van der Waals surface area contributed by atoms with Crippen molar-refractivity contribution in [1.29, 1.82) is 0 Å². The van der Waals surface area contributed by atoms with Gasteiger partial charge in [0, 0.05) is 0 Å². The molecule has 0 aromatic rings. The average molecular weight is 220 g/mol. The summed E-state index contributed by atoms with van der Waals surface area (Å²) in [7, 11) is 0. The molecule has 2 fully saturated rings. The Kier molecular flexibility index (Phi) is 1.98. The number of hydrogen-bond donors (Lipinski definition) is 1. The molecule has 1 nitrogen and oxygen atoms in total. The van der Waals surface area contributed by atoms with Gasteiger partial charge in [-0.3, -0.25) is 0 Å². The Bertz CT molecular complexity index is 354. The molecule has 0 saturated heterocycles. The van der Waals surface area contributed by atoms with Gasteiger partial charge in [-0.25, -0.2) is 0 Å². The predicted octanol–water partition coefficient (Wildman–Crippen LogP) is 3.39. The minimum Gasteiger partial charge on any atom is -0.393 e. The Hall–Kier alpha value is -0.300. The first-order valence-corrected chi connectivity index (χ1v) is 6.74. The van der Waals surface area contributed by atoms with Gasteiger partial charge in [0.05, 0.1) is 6.10 Å². The molecular formula is C15H24O. The van der Waals surface area contributed by atoms with E-state index in [2.05, 4.69) is 33.8 Å². The van der Waals surface area contributed by atoms with E-state index in [1.807, 2.05) is 0 Å². The number of aliphatic hydroxyl groups is 1. The lowest BCUT2D eigenvalue weighted by atomic mass is 9.66. The van der Waals surface area contributed by atoms with Gasteiger partial charge in [0.2, 0.25) is 0 Å². The van der Waals surface area contributed by atoms with Gasteiger partial charge in [0.25, 0.3) is 0 Å². The van der Waals surface area contributed by atoms with E-state index in [0.29, 0.717) is 16.7 Å². The van der Waals surface area contributed by atoms with Crippen molar-refractivity contribution in [1.82, 2.24) is 0 Å². The second kappa shape index (κ2) is 2.93. The fraction of sp³-hybridized carbons (Fsp3) is 0.867. The maximum Gasteiger partial charge on any atom is 0.0574 e. The number of allylic oxidation sites excluding steroid dienone is 2. The molecule has 0 bridgehead atoms. The summed E-state index contributed by atoms with van der Waals surface area (Å²) >= 11 is 0. The number of rotatable bonds is 0. The maximum atomic E-state index is 10.2. The molecule has 1 unspecified atom stereocenters. The first-order chi connectivity index (χ1) is 7.39. The zero-order valence-electron chi connectivity index (χ0n) is 11.0. The quantitative estimate of drug-likeness (QED) is 0.620. The third-order valence-electron chi connectivity index (χ3n) is 6.20. The van der Waals surface area contributed by atoms with Gasteiger partial charge in [-0.1, -0.05) is 32.4 Å². The van der Waals surface area contributed by atoms with Gasteiger partial charge < -0.3 is 5.11 Å². The Labute approximate surface area is 98.9 Å². The number of aliphatic hydroxyl groups excluding tert-OH is 1. The van der Waals surface area contributed by atoms with Crippen LogP contribution in [0.5, 0.6) is 0 Å². The minimum absolute atomic E-state index is 0.0635. The van der Waals surface area contributed by atoms with Crippen LogP contribution >= 0.6 is 0 Å². The van der Waals surface area contributed by atoms with Crippen LogP contribution < -0.4 is 0 Å². The zero-order valence-corrected chi connectivity index (χ0v) is 11.0. The predicted molar refractivity (Wildman–Crippen MR) is 66.0 cm³/mol. The molecule has 0 aliphatic heterocycles. The third kappa shape index (κ3) is 1.01. The lowest BCUT2D eigenvalue weighted by Gasteiger charge is -2.37. The van der Waals surface area contributed by atoms with E-state index >= 15 is 0 Å². The van der Waals surface area contributed by atoms with Crippen molar-refractivity contribution in [2.24, 2.45) is 28.6 Å². The molecule has 0 heterocycles. The summed E-state index contributed by atoms with van der Waals surface area (Å²) in [6.45, 7) is 9.41. The normalized spacial score (nSPS) is 53.7. The highest BCUT2D eigenvalue weighted by atomic mass is 16.3. The molecule has 0 amide bonds. The Morgan fingerprint density at radius 3 is 2.75 bits per heavy atom. The van der Waals surface area contributed by atoms with E-state index in [4.69, 9.17) is 0 Å². The van der Waals surface area contributed by atoms with Crippen molar-refractivity contribution in [3.8, 4) is 0 Å². The van der Waals surface area contributed by atoms with Crippen LogP contribution in [0.4, 0.5) is 0 Å². The molecule has 0 radical (unpaired) electrons. The zero-order chi connectivity index (χ0) is 11.7. The highest BCUT2D eigenvalue weighted by Crippen LogP contribution is 2.71. The maximum absolute atomic E-state index is 10.2. The van der Waals surface area contributed by atoms with Crippen molar-refractivity contribution < 1.29 is 5.11 Å². The molecule has 3 aliphatic carbocycles. The van der Waals surface area contributed by atoms with E-state index < -0.39 is 0 Å². The second-order valence-electron chi connectivity index (χ2n) is 7.15. The van der Waals surface area contributed by atoms with Crippen molar-refractivity contribution in [2.45, 2.75) is 53.1 Å². The number of hydrogen-bond acceptors (Lipinski definition) is 1.